The Morgan fingerprint density at radius 1 is 1.23 bits per heavy atom. The number of hydrogen-bond acceptors (Lipinski definition) is 3. The molecule has 2 amide bonds. The Hall–Kier alpha value is -2.04. The zero-order valence-electron chi connectivity index (χ0n) is 13.4. The lowest BCUT2D eigenvalue weighted by molar-refractivity contribution is -0.125. The molecule has 0 spiro atoms. The van der Waals surface area contributed by atoms with Crippen LogP contribution < -0.4 is 15.5 Å². The number of carbonyl (C=O) groups excluding carboxylic acids is 2. The van der Waals surface area contributed by atoms with Crippen LogP contribution in [0.2, 0.25) is 0 Å². The van der Waals surface area contributed by atoms with Crippen molar-refractivity contribution >= 4 is 17.5 Å². The first-order chi connectivity index (χ1) is 10.6. The Morgan fingerprint density at radius 2 is 2.05 bits per heavy atom. The highest BCUT2D eigenvalue weighted by Gasteiger charge is 2.19. The van der Waals surface area contributed by atoms with E-state index in [9.17, 15) is 9.59 Å². The van der Waals surface area contributed by atoms with E-state index in [1.807, 2.05) is 6.92 Å². The fourth-order valence-electron chi connectivity index (χ4n) is 2.70. The lowest BCUT2D eigenvalue weighted by Crippen LogP contribution is -2.43. The second kappa shape index (κ2) is 7.82. The molecule has 1 heterocycles. The third kappa shape index (κ3) is 4.48. The predicted molar refractivity (Wildman–Crippen MR) is 88.0 cm³/mol. The van der Waals surface area contributed by atoms with Crippen LogP contribution in [0.4, 0.5) is 5.69 Å². The molecule has 2 N–H and O–H groups in total. The number of nitrogens with zero attached hydrogens (tertiary/aromatic N) is 1. The number of benzene rings is 1. The van der Waals surface area contributed by atoms with Gasteiger partial charge in [-0.2, -0.15) is 0 Å². The van der Waals surface area contributed by atoms with Gasteiger partial charge in [0.1, 0.15) is 0 Å². The van der Waals surface area contributed by atoms with Crippen molar-refractivity contribution in [2.24, 2.45) is 0 Å². The van der Waals surface area contributed by atoms with Gasteiger partial charge < -0.3 is 15.5 Å². The van der Waals surface area contributed by atoms with Gasteiger partial charge in [0.2, 0.25) is 11.8 Å². The Morgan fingerprint density at radius 3 is 2.82 bits per heavy atom. The zero-order valence-corrected chi connectivity index (χ0v) is 13.4. The summed E-state index contributed by atoms with van der Waals surface area (Å²) in [6, 6.07) is 6.36. The predicted octanol–water partition coefficient (Wildman–Crippen LogP) is 1.39. The molecule has 1 aliphatic heterocycles. The maximum absolute atomic E-state index is 12.0. The highest BCUT2D eigenvalue weighted by atomic mass is 16.2. The number of nitrogens with one attached hydrogen (secondary N) is 2. The molecule has 5 nitrogen and oxygen atoms in total. The minimum absolute atomic E-state index is 0.0490. The molecule has 22 heavy (non-hydrogen) atoms. The van der Waals surface area contributed by atoms with Gasteiger partial charge in [0.05, 0.1) is 13.1 Å². The molecule has 0 unspecified atom stereocenters. The molecule has 0 aliphatic carbocycles. The van der Waals surface area contributed by atoms with Gasteiger partial charge in [-0.25, -0.2) is 0 Å². The van der Waals surface area contributed by atoms with E-state index in [0.717, 1.165) is 31.5 Å². The summed E-state index contributed by atoms with van der Waals surface area (Å²) in [6.45, 7) is 5.96. The molecule has 0 saturated heterocycles. The molecule has 1 aliphatic rings. The zero-order chi connectivity index (χ0) is 15.9. The Bertz CT molecular complexity index is 543. The van der Waals surface area contributed by atoms with Gasteiger partial charge in [-0.1, -0.05) is 24.6 Å². The lowest BCUT2D eigenvalue weighted by Gasteiger charge is -2.31. The first-order valence-corrected chi connectivity index (χ1v) is 7.98. The van der Waals surface area contributed by atoms with E-state index in [2.05, 4.69) is 40.7 Å². The van der Waals surface area contributed by atoms with E-state index >= 15 is 0 Å². The van der Waals surface area contributed by atoms with Gasteiger partial charge in [-0.05, 0) is 37.8 Å². The molecule has 5 heteroatoms. The van der Waals surface area contributed by atoms with Gasteiger partial charge in [0.15, 0.2) is 0 Å². The van der Waals surface area contributed by atoms with E-state index < -0.39 is 0 Å². The van der Waals surface area contributed by atoms with Crippen LogP contribution in [0.5, 0.6) is 0 Å². The maximum Gasteiger partial charge on any atom is 0.239 e. The molecule has 1 aromatic rings. The van der Waals surface area contributed by atoms with Crippen molar-refractivity contribution in [1.29, 1.82) is 0 Å². The SMILES string of the molecule is CCCNC(=O)CNC(=O)CN1CCCc2cc(C)ccc21. The highest BCUT2D eigenvalue weighted by Crippen LogP contribution is 2.27. The van der Waals surface area contributed by atoms with Crippen LogP contribution in [0.1, 0.15) is 30.9 Å². The summed E-state index contributed by atoms with van der Waals surface area (Å²) in [4.78, 5) is 25.6. The number of amides is 2. The van der Waals surface area contributed by atoms with Crippen molar-refractivity contribution in [3.8, 4) is 0 Å². The number of fused-ring (bicyclic) bond motifs is 1. The van der Waals surface area contributed by atoms with Crippen LogP contribution in [0, 0.1) is 6.92 Å². The highest BCUT2D eigenvalue weighted by molar-refractivity contribution is 5.87. The summed E-state index contributed by atoms with van der Waals surface area (Å²) in [5.74, 6) is -0.245. The summed E-state index contributed by atoms with van der Waals surface area (Å²) in [5, 5.41) is 5.43. The van der Waals surface area contributed by atoms with Crippen molar-refractivity contribution in [3.05, 3.63) is 29.3 Å². The number of anilines is 1. The van der Waals surface area contributed by atoms with E-state index in [4.69, 9.17) is 0 Å². The van der Waals surface area contributed by atoms with Crippen molar-refractivity contribution < 1.29 is 9.59 Å². The van der Waals surface area contributed by atoms with Crippen LogP contribution in [0.25, 0.3) is 0 Å². The summed E-state index contributed by atoms with van der Waals surface area (Å²) in [7, 11) is 0. The van der Waals surface area contributed by atoms with Crippen molar-refractivity contribution in [3.63, 3.8) is 0 Å². The molecule has 0 radical (unpaired) electrons. The number of aryl methyl sites for hydroxylation is 2. The van der Waals surface area contributed by atoms with Gasteiger partial charge in [-0.3, -0.25) is 9.59 Å². The van der Waals surface area contributed by atoms with Crippen LogP contribution in [0.15, 0.2) is 18.2 Å². The van der Waals surface area contributed by atoms with E-state index in [0.29, 0.717) is 13.1 Å². The maximum atomic E-state index is 12.0. The van der Waals surface area contributed by atoms with Gasteiger partial charge in [-0.15, -0.1) is 0 Å². The third-order valence-corrected chi connectivity index (χ3v) is 3.80. The molecule has 0 bridgehead atoms. The molecule has 0 fully saturated rings. The minimum atomic E-state index is -0.134. The van der Waals surface area contributed by atoms with Crippen LogP contribution in [-0.4, -0.2) is 38.0 Å². The topological polar surface area (TPSA) is 61.4 Å². The number of carbonyl (C=O) groups is 2. The number of rotatable bonds is 6. The standard InChI is InChI=1S/C17H25N3O2/c1-3-8-18-16(21)11-19-17(22)12-20-9-4-5-14-10-13(2)6-7-15(14)20/h6-7,10H,3-5,8-9,11-12H2,1-2H3,(H,18,21)(H,19,22). The first kappa shape index (κ1) is 16.3. The molecule has 0 atom stereocenters. The van der Waals surface area contributed by atoms with Crippen molar-refractivity contribution in [1.82, 2.24) is 10.6 Å². The van der Waals surface area contributed by atoms with Crippen molar-refractivity contribution in [2.75, 3.05) is 31.1 Å². The quantitative estimate of drug-likeness (QED) is 0.835. The fraction of sp³-hybridized carbons (Fsp3) is 0.529. The largest absolute Gasteiger partial charge is 0.362 e. The fourth-order valence-corrected chi connectivity index (χ4v) is 2.70. The lowest BCUT2D eigenvalue weighted by atomic mass is 9.99. The number of hydrogen-bond donors (Lipinski definition) is 2. The Labute approximate surface area is 132 Å². The summed E-state index contributed by atoms with van der Waals surface area (Å²) in [6.07, 6.45) is 3.01. The third-order valence-electron chi connectivity index (χ3n) is 3.80. The second-order valence-electron chi connectivity index (χ2n) is 5.78. The summed E-state index contributed by atoms with van der Waals surface area (Å²) in [5.41, 5.74) is 3.69. The second-order valence-corrected chi connectivity index (χ2v) is 5.78. The molecule has 0 aromatic heterocycles. The van der Waals surface area contributed by atoms with Crippen LogP contribution in [-0.2, 0) is 16.0 Å². The van der Waals surface area contributed by atoms with E-state index in [1.165, 1.54) is 11.1 Å². The molecular weight excluding hydrogens is 278 g/mol. The molecule has 120 valence electrons. The molecule has 0 saturated carbocycles. The Kier molecular flexibility index (Phi) is 5.81. The molecular formula is C17H25N3O2. The summed E-state index contributed by atoms with van der Waals surface area (Å²) >= 11 is 0. The molecule has 2 rings (SSSR count). The van der Waals surface area contributed by atoms with Gasteiger partial charge in [0.25, 0.3) is 0 Å². The van der Waals surface area contributed by atoms with E-state index in [-0.39, 0.29) is 18.4 Å². The monoisotopic (exact) mass is 303 g/mol. The first-order valence-electron chi connectivity index (χ1n) is 7.98. The average molecular weight is 303 g/mol. The van der Waals surface area contributed by atoms with Crippen LogP contribution >= 0.6 is 0 Å². The normalized spacial score (nSPS) is 13.5. The van der Waals surface area contributed by atoms with Crippen molar-refractivity contribution in [2.45, 2.75) is 33.1 Å². The summed E-state index contributed by atoms with van der Waals surface area (Å²) < 4.78 is 0. The minimum Gasteiger partial charge on any atom is -0.362 e. The Balaban J connectivity index is 1.87. The van der Waals surface area contributed by atoms with Gasteiger partial charge in [0, 0.05) is 18.8 Å². The smallest absolute Gasteiger partial charge is 0.239 e. The van der Waals surface area contributed by atoms with E-state index in [1.54, 1.807) is 0 Å². The molecule has 1 aromatic carbocycles. The van der Waals surface area contributed by atoms with Crippen LogP contribution in [0.3, 0.4) is 0 Å². The average Bonchev–Trinajstić information content (AvgIpc) is 2.50. The van der Waals surface area contributed by atoms with Gasteiger partial charge >= 0.3 is 0 Å².